The minimum Gasteiger partial charge on any atom is -0.497 e. The molecule has 0 saturated heterocycles. The van der Waals surface area contributed by atoms with Crippen LogP contribution in [0.15, 0.2) is 158 Å². The Hall–Kier alpha value is -6.09. The van der Waals surface area contributed by atoms with Gasteiger partial charge in [-0.3, -0.25) is 13.5 Å². The van der Waals surface area contributed by atoms with Gasteiger partial charge in [0.15, 0.2) is 5.78 Å². The summed E-state index contributed by atoms with van der Waals surface area (Å²) >= 11 is 0. The molecule has 0 saturated carbocycles. The zero-order valence-electron chi connectivity index (χ0n) is 31.7. The fraction of sp³-hybridized carbons (Fsp3) is 0.0976. The topological polar surface area (TPSA) is 220 Å². The molecule has 1 N–H and O–H groups in total. The lowest BCUT2D eigenvalue weighted by atomic mass is 10.0. The van der Waals surface area contributed by atoms with Crippen LogP contribution in [0, 0.1) is 0 Å². The summed E-state index contributed by atoms with van der Waals surface area (Å²) in [5.41, 5.74) is -0.454. The lowest BCUT2D eigenvalue weighted by Crippen LogP contribution is -2.10. The van der Waals surface area contributed by atoms with Crippen LogP contribution in [0.5, 0.6) is 34.5 Å². The van der Waals surface area contributed by atoms with Gasteiger partial charge in [-0.1, -0.05) is 0 Å². The first kappa shape index (κ1) is 43.5. The first-order valence-electron chi connectivity index (χ1n) is 17.3. The maximum atomic E-state index is 13.8. The van der Waals surface area contributed by atoms with Crippen LogP contribution in [-0.2, 0) is 49.8 Å². The van der Waals surface area contributed by atoms with Crippen molar-refractivity contribution in [1.82, 2.24) is 0 Å². The molecule has 0 fully saturated rings. The van der Waals surface area contributed by atoms with Crippen molar-refractivity contribution in [2.75, 3.05) is 21.3 Å². The summed E-state index contributed by atoms with van der Waals surface area (Å²) in [6, 6.07) is 29.2. The van der Waals surface area contributed by atoms with Crippen molar-refractivity contribution >= 4 is 45.7 Å². The highest BCUT2D eigenvalue weighted by Gasteiger charge is 2.25. The molecular weight excluding hydrogens is 861 g/mol. The molecule has 0 aliphatic heterocycles. The fourth-order valence-electron chi connectivity index (χ4n) is 5.72. The minimum atomic E-state index is -4.68. The van der Waals surface area contributed by atoms with Gasteiger partial charge < -0.3 is 18.9 Å². The molecule has 19 heteroatoms. The Morgan fingerprint density at radius 3 is 1.23 bits per heavy atom. The van der Waals surface area contributed by atoms with E-state index in [2.05, 4.69) is 0 Å². The van der Waals surface area contributed by atoms with Gasteiger partial charge in [-0.05, 0) is 133 Å². The lowest BCUT2D eigenvalue weighted by Gasteiger charge is -2.14. The summed E-state index contributed by atoms with van der Waals surface area (Å²) in [5.74, 6) is -1.01. The number of ether oxygens (including phenoxy) is 4. The third kappa shape index (κ3) is 9.68. The Morgan fingerprint density at radius 2 is 0.850 bits per heavy atom. The smallest absolute Gasteiger partial charge is 0.300 e. The van der Waals surface area contributed by atoms with Crippen LogP contribution in [0.25, 0.3) is 0 Å². The Labute approximate surface area is 346 Å². The zero-order valence-corrected chi connectivity index (χ0v) is 35.0. The Bertz CT molecular complexity index is 3000. The Morgan fingerprint density at radius 1 is 0.483 bits per heavy atom. The zero-order chi connectivity index (χ0) is 43.5. The Balaban J connectivity index is 1.25. The van der Waals surface area contributed by atoms with Crippen molar-refractivity contribution in [2.45, 2.75) is 30.2 Å². The summed E-state index contributed by atoms with van der Waals surface area (Å²) in [6.07, 6.45) is 0. The second-order valence-corrected chi connectivity index (χ2v) is 19.7. The number of sulfone groups is 2. The highest BCUT2D eigenvalue weighted by molar-refractivity contribution is 7.91. The Kier molecular flexibility index (Phi) is 12.5. The van der Waals surface area contributed by atoms with Crippen molar-refractivity contribution in [3.05, 3.63) is 150 Å². The number of methoxy groups -OCH3 is 2. The van der Waals surface area contributed by atoms with Gasteiger partial charge in [0.05, 0.1) is 40.9 Å². The van der Waals surface area contributed by atoms with E-state index < -0.39 is 56.3 Å². The van der Waals surface area contributed by atoms with Gasteiger partial charge in [0, 0.05) is 16.7 Å². The highest BCUT2D eigenvalue weighted by atomic mass is 32.2. The van der Waals surface area contributed by atoms with E-state index in [1.54, 1.807) is 0 Å². The number of carbonyl (C=O) groups is 1. The van der Waals surface area contributed by atoms with Crippen molar-refractivity contribution in [3.8, 4) is 34.5 Å². The van der Waals surface area contributed by atoms with Gasteiger partial charge in [-0.25, -0.2) is 16.8 Å². The summed E-state index contributed by atoms with van der Waals surface area (Å²) in [6.45, 7) is 0. The maximum absolute atomic E-state index is 13.8. The molecule has 0 atom stereocenters. The molecule has 6 rings (SSSR count). The van der Waals surface area contributed by atoms with E-state index in [0.717, 1.165) is 19.2 Å². The van der Waals surface area contributed by atoms with Crippen LogP contribution in [0.2, 0.25) is 0 Å². The predicted octanol–water partition coefficient (Wildman–Crippen LogP) is 6.91. The van der Waals surface area contributed by atoms with E-state index in [4.69, 9.17) is 23.1 Å². The average Bonchev–Trinajstić information content (AvgIpc) is 3.24. The van der Waals surface area contributed by atoms with E-state index >= 15 is 0 Å². The maximum Gasteiger partial charge on any atom is 0.300 e. The quantitative estimate of drug-likeness (QED) is 0.0593. The van der Waals surface area contributed by atoms with Crippen molar-refractivity contribution in [1.29, 1.82) is 0 Å². The number of hydrogen-bond donors (Lipinski definition) is 1. The molecular formula is C41H34O15S4. The number of hydrogen-bond acceptors (Lipinski definition) is 14. The molecule has 0 heterocycles. The van der Waals surface area contributed by atoms with E-state index in [1.807, 2.05) is 0 Å². The summed E-state index contributed by atoms with van der Waals surface area (Å²) in [4.78, 5) is 13.1. The van der Waals surface area contributed by atoms with Crippen LogP contribution in [-0.4, -0.2) is 65.3 Å². The summed E-state index contributed by atoms with van der Waals surface area (Å²) in [7, 11) is -13.2. The molecule has 0 unspecified atom stereocenters. The van der Waals surface area contributed by atoms with Crippen molar-refractivity contribution in [2.24, 2.45) is 0 Å². The van der Waals surface area contributed by atoms with Gasteiger partial charge in [0.25, 0.3) is 20.2 Å². The lowest BCUT2D eigenvalue weighted by molar-refractivity contribution is 0.103. The summed E-state index contributed by atoms with van der Waals surface area (Å²) < 4.78 is 139. The van der Waals surface area contributed by atoms with Crippen LogP contribution >= 0.6 is 0 Å². The van der Waals surface area contributed by atoms with Crippen molar-refractivity contribution in [3.63, 3.8) is 0 Å². The van der Waals surface area contributed by atoms with Gasteiger partial charge in [0.2, 0.25) is 19.7 Å². The van der Waals surface area contributed by atoms with E-state index in [9.17, 15) is 43.0 Å². The second-order valence-electron chi connectivity index (χ2n) is 12.7. The van der Waals surface area contributed by atoms with Crippen molar-refractivity contribution < 1.29 is 66.1 Å². The predicted molar refractivity (Wildman–Crippen MR) is 216 cm³/mol. The van der Waals surface area contributed by atoms with E-state index in [1.165, 1.54) is 136 Å². The van der Waals surface area contributed by atoms with E-state index in [0.29, 0.717) is 11.5 Å². The molecule has 15 nitrogen and oxygen atoms in total. The molecule has 0 spiro atoms. The van der Waals surface area contributed by atoms with Crippen LogP contribution in [0.1, 0.15) is 21.5 Å². The molecule has 0 aliphatic rings. The molecule has 312 valence electrons. The average molecular weight is 895 g/mol. The number of ketones is 1. The number of carbonyl (C=O) groups excluding carboxylic acids is 1. The fourth-order valence-corrected chi connectivity index (χ4v) is 9.67. The third-order valence-electron chi connectivity index (χ3n) is 8.82. The third-order valence-corrected chi connectivity index (χ3v) is 14.4. The van der Waals surface area contributed by atoms with Gasteiger partial charge >= 0.3 is 0 Å². The standard InChI is InChI=1S/C41H34O15S4/c1-52-30-6-14-34(15-7-30)58(46,47)36-18-10-32(11-19-36)55-38-22-4-27(24-29(38)26-57(43,44)45)41(42)28-5-23-39(40(25-28)60(50,51)54-3)56-33-12-20-37(21-13-33)59(48,49)35-16-8-31(53-2)9-17-35/h4-25H,26H2,1-3H3,(H,43,44,45). The van der Waals surface area contributed by atoms with Gasteiger partial charge in [0.1, 0.15) is 45.1 Å². The van der Waals surface area contributed by atoms with Crippen LogP contribution < -0.4 is 18.9 Å². The van der Waals surface area contributed by atoms with Crippen LogP contribution in [0.3, 0.4) is 0 Å². The first-order chi connectivity index (χ1) is 28.3. The number of rotatable bonds is 16. The normalized spacial score (nSPS) is 12.1. The van der Waals surface area contributed by atoms with Crippen LogP contribution in [0.4, 0.5) is 0 Å². The monoisotopic (exact) mass is 894 g/mol. The largest absolute Gasteiger partial charge is 0.497 e. The molecule has 6 aromatic carbocycles. The molecule has 60 heavy (non-hydrogen) atoms. The van der Waals surface area contributed by atoms with E-state index in [-0.39, 0.29) is 59.3 Å². The molecule has 0 bridgehead atoms. The number of benzene rings is 6. The SMILES string of the molecule is COc1ccc(S(=O)(=O)c2ccc(Oc3ccc(C(=O)c4ccc(Oc5ccc(S(=O)(=O)c6ccc(OC)cc6)cc5)c(S(=O)(=O)OC)c4)cc3CS(=O)(=O)O)cc2)cc1. The molecule has 0 amide bonds. The molecule has 0 aromatic heterocycles. The second kappa shape index (κ2) is 17.3. The first-order valence-corrected chi connectivity index (χ1v) is 23.2. The highest BCUT2D eigenvalue weighted by Crippen LogP contribution is 2.35. The van der Waals surface area contributed by atoms with Gasteiger partial charge in [-0.15, -0.1) is 0 Å². The van der Waals surface area contributed by atoms with Gasteiger partial charge in [-0.2, -0.15) is 16.8 Å². The summed E-state index contributed by atoms with van der Waals surface area (Å²) in [5, 5.41) is 0. The molecule has 6 aromatic rings. The molecule has 0 aliphatic carbocycles. The molecule has 0 radical (unpaired) electrons. The minimum absolute atomic E-state index is 0.0179.